The number of aromatic nitrogens is 2. The number of carbonyl (C=O) groups excluding carboxylic acids is 1. The first-order valence-electron chi connectivity index (χ1n) is 5.56. The van der Waals surface area contributed by atoms with Gasteiger partial charge in [-0.25, -0.2) is 4.98 Å². The van der Waals surface area contributed by atoms with E-state index in [1.165, 1.54) is 6.20 Å². The van der Waals surface area contributed by atoms with Crippen LogP contribution in [0.4, 0.5) is 8.78 Å². The molecule has 0 aliphatic rings. The first kappa shape index (κ1) is 21.4. The number of nitrogens with zero attached hydrogens (tertiary/aromatic N) is 2. The molecule has 0 spiro atoms. The summed E-state index contributed by atoms with van der Waals surface area (Å²) in [6.07, 6.45) is 2.42. The van der Waals surface area contributed by atoms with E-state index in [2.05, 4.69) is 10.3 Å². The molecule has 1 aromatic heterocycles. The van der Waals surface area contributed by atoms with Crippen LogP contribution >= 0.6 is 24.8 Å². The number of nitrogens with two attached hydrogens (primary N) is 1. The number of halogens is 4. The normalized spacial score (nSPS) is 12.3. The molecule has 0 saturated carbocycles. The highest BCUT2D eigenvalue weighted by molar-refractivity contribution is 5.85. The number of imidazole rings is 1. The maximum absolute atomic E-state index is 12.5. The maximum atomic E-state index is 12.5. The van der Waals surface area contributed by atoms with Crippen molar-refractivity contribution in [2.45, 2.75) is 39.9 Å². The Bertz CT molecular complexity index is 421. The summed E-state index contributed by atoms with van der Waals surface area (Å²) in [6, 6.07) is -0.701. The van der Waals surface area contributed by atoms with Crippen molar-refractivity contribution in [2.75, 3.05) is 0 Å². The SMILES string of the molecule is CC(C)(C)[C@H](N)C(=O)NCc1nccn1C(F)F.Cl.Cl. The van der Waals surface area contributed by atoms with Crippen LogP contribution in [0.1, 0.15) is 33.1 Å². The lowest BCUT2D eigenvalue weighted by Gasteiger charge is -2.25. The van der Waals surface area contributed by atoms with Gasteiger partial charge in [-0.05, 0) is 5.41 Å². The number of hydrogen-bond acceptors (Lipinski definition) is 3. The zero-order valence-corrected chi connectivity index (χ0v) is 13.1. The van der Waals surface area contributed by atoms with Crippen LogP contribution in [0.3, 0.4) is 0 Å². The van der Waals surface area contributed by atoms with E-state index in [-0.39, 0.29) is 48.5 Å². The summed E-state index contributed by atoms with van der Waals surface area (Å²) in [6.45, 7) is 2.75. The van der Waals surface area contributed by atoms with Gasteiger partial charge in [0.15, 0.2) is 0 Å². The Labute approximate surface area is 129 Å². The second kappa shape index (κ2) is 8.39. The van der Waals surface area contributed by atoms with Crippen molar-refractivity contribution in [3.63, 3.8) is 0 Å². The summed E-state index contributed by atoms with van der Waals surface area (Å²) in [5.74, 6) is -0.286. The first-order chi connectivity index (χ1) is 8.23. The third-order valence-corrected chi connectivity index (χ3v) is 2.60. The van der Waals surface area contributed by atoms with Gasteiger partial charge in [0, 0.05) is 12.4 Å². The molecule has 0 aliphatic carbocycles. The summed E-state index contributed by atoms with van der Waals surface area (Å²) >= 11 is 0. The standard InChI is InChI=1S/C11H18F2N4O.2ClH/c1-11(2,3)8(14)9(18)16-6-7-15-4-5-17(7)10(12)13;;/h4-5,8,10H,6,14H2,1-3H3,(H,16,18);2*1H/t8-;;/m1../s1. The van der Waals surface area contributed by atoms with Crippen molar-refractivity contribution in [2.24, 2.45) is 11.1 Å². The van der Waals surface area contributed by atoms with Crippen molar-refractivity contribution in [1.82, 2.24) is 14.9 Å². The van der Waals surface area contributed by atoms with Gasteiger partial charge in [0.1, 0.15) is 5.82 Å². The molecule has 0 bridgehead atoms. The van der Waals surface area contributed by atoms with Gasteiger partial charge in [-0.3, -0.25) is 9.36 Å². The molecule has 0 unspecified atom stereocenters. The summed E-state index contributed by atoms with van der Waals surface area (Å²) in [5, 5.41) is 2.51. The molecule has 0 aromatic carbocycles. The molecule has 1 heterocycles. The fraction of sp³-hybridized carbons (Fsp3) is 0.636. The van der Waals surface area contributed by atoms with Crippen LogP contribution in [0.15, 0.2) is 12.4 Å². The fourth-order valence-electron chi connectivity index (χ4n) is 1.33. The van der Waals surface area contributed by atoms with E-state index in [9.17, 15) is 13.6 Å². The lowest BCUT2D eigenvalue weighted by atomic mass is 9.87. The number of amides is 1. The fourth-order valence-corrected chi connectivity index (χ4v) is 1.33. The van der Waals surface area contributed by atoms with Crippen molar-refractivity contribution in [3.05, 3.63) is 18.2 Å². The molecule has 118 valence electrons. The number of hydrogen-bond donors (Lipinski definition) is 2. The van der Waals surface area contributed by atoms with Crippen molar-refractivity contribution < 1.29 is 13.6 Å². The van der Waals surface area contributed by atoms with Gasteiger partial charge in [-0.1, -0.05) is 20.8 Å². The van der Waals surface area contributed by atoms with Crippen molar-refractivity contribution >= 4 is 30.7 Å². The van der Waals surface area contributed by atoms with E-state index < -0.39 is 12.6 Å². The number of nitrogens with one attached hydrogen (secondary N) is 1. The van der Waals surface area contributed by atoms with Gasteiger partial charge in [-0.15, -0.1) is 24.8 Å². The predicted octanol–water partition coefficient (Wildman–Crippen LogP) is 2.11. The Morgan fingerprint density at radius 2 is 2.00 bits per heavy atom. The second-order valence-corrected chi connectivity index (χ2v) is 5.09. The van der Waals surface area contributed by atoms with Crippen molar-refractivity contribution in [1.29, 1.82) is 0 Å². The minimum Gasteiger partial charge on any atom is -0.348 e. The number of alkyl halides is 2. The molecular weight excluding hydrogens is 313 g/mol. The lowest BCUT2D eigenvalue weighted by molar-refractivity contribution is -0.124. The molecule has 0 radical (unpaired) electrons. The highest BCUT2D eigenvalue weighted by atomic mass is 35.5. The molecule has 0 saturated heterocycles. The summed E-state index contributed by atoms with van der Waals surface area (Å²) in [7, 11) is 0. The van der Waals surface area contributed by atoms with E-state index in [0.717, 1.165) is 6.20 Å². The van der Waals surface area contributed by atoms with Gasteiger partial charge >= 0.3 is 6.55 Å². The smallest absolute Gasteiger partial charge is 0.319 e. The quantitative estimate of drug-likeness (QED) is 0.886. The zero-order valence-electron chi connectivity index (χ0n) is 11.5. The average Bonchev–Trinajstić information content (AvgIpc) is 2.71. The molecule has 3 N–H and O–H groups in total. The van der Waals surface area contributed by atoms with E-state index in [0.29, 0.717) is 4.57 Å². The van der Waals surface area contributed by atoms with E-state index in [1.54, 1.807) is 0 Å². The minimum atomic E-state index is -2.67. The van der Waals surface area contributed by atoms with Gasteiger partial charge < -0.3 is 11.1 Å². The van der Waals surface area contributed by atoms with Crippen LogP contribution < -0.4 is 11.1 Å². The monoisotopic (exact) mass is 332 g/mol. The van der Waals surface area contributed by atoms with Gasteiger partial charge in [0.05, 0.1) is 12.6 Å². The first-order valence-corrected chi connectivity index (χ1v) is 5.56. The van der Waals surface area contributed by atoms with E-state index >= 15 is 0 Å². The third-order valence-electron chi connectivity index (χ3n) is 2.60. The van der Waals surface area contributed by atoms with Crippen LogP contribution in [0.2, 0.25) is 0 Å². The lowest BCUT2D eigenvalue weighted by Crippen LogP contribution is -2.48. The minimum absolute atomic E-state index is 0. The van der Waals surface area contributed by atoms with Crippen LogP contribution in [0.25, 0.3) is 0 Å². The van der Waals surface area contributed by atoms with Gasteiger partial charge in [0.25, 0.3) is 0 Å². The summed E-state index contributed by atoms with van der Waals surface area (Å²) in [4.78, 5) is 15.5. The molecule has 0 fully saturated rings. The van der Waals surface area contributed by atoms with E-state index in [4.69, 9.17) is 5.73 Å². The molecule has 1 rings (SSSR count). The van der Waals surface area contributed by atoms with Gasteiger partial charge in [-0.2, -0.15) is 8.78 Å². The third kappa shape index (κ3) is 5.60. The molecular formula is C11H20Cl2F2N4O. The van der Waals surface area contributed by atoms with Crippen LogP contribution in [-0.4, -0.2) is 21.5 Å². The molecule has 9 heteroatoms. The Morgan fingerprint density at radius 1 is 1.45 bits per heavy atom. The van der Waals surface area contributed by atoms with Crippen molar-refractivity contribution in [3.8, 4) is 0 Å². The predicted molar refractivity (Wildman–Crippen MR) is 77.3 cm³/mol. The Hall–Kier alpha value is -0.920. The molecule has 5 nitrogen and oxygen atoms in total. The zero-order chi connectivity index (χ0) is 13.9. The topological polar surface area (TPSA) is 72.9 Å². The average molecular weight is 333 g/mol. The molecule has 0 aliphatic heterocycles. The highest BCUT2D eigenvalue weighted by Crippen LogP contribution is 2.17. The maximum Gasteiger partial charge on any atom is 0.319 e. The Kier molecular flexibility index (Phi) is 8.96. The van der Waals surface area contributed by atoms with Crippen LogP contribution in [0.5, 0.6) is 0 Å². The molecule has 1 atom stereocenters. The number of carbonyl (C=O) groups is 1. The summed E-state index contributed by atoms with van der Waals surface area (Å²) in [5.41, 5.74) is 5.36. The molecule has 20 heavy (non-hydrogen) atoms. The molecule has 1 amide bonds. The Balaban J connectivity index is 0. The van der Waals surface area contributed by atoms with Crippen LogP contribution in [0, 0.1) is 5.41 Å². The van der Waals surface area contributed by atoms with Gasteiger partial charge in [0.2, 0.25) is 5.91 Å². The summed E-state index contributed by atoms with van der Waals surface area (Å²) < 4.78 is 25.7. The van der Waals surface area contributed by atoms with E-state index in [1.807, 2.05) is 20.8 Å². The largest absolute Gasteiger partial charge is 0.348 e. The van der Waals surface area contributed by atoms with Crippen LogP contribution in [-0.2, 0) is 11.3 Å². The second-order valence-electron chi connectivity index (χ2n) is 5.09. The highest BCUT2D eigenvalue weighted by Gasteiger charge is 2.27. The Morgan fingerprint density at radius 3 is 2.45 bits per heavy atom. The number of rotatable bonds is 4. The molecule has 1 aromatic rings.